The van der Waals surface area contributed by atoms with E-state index in [1.807, 2.05) is 11.0 Å². The maximum atomic E-state index is 12.2. The first-order valence-electron chi connectivity index (χ1n) is 8.57. The summed E-state index contributed by atoms with van der Waals surface area (Å²) in [6.45, 7) is 6.34. The second kappa shape index (κ2) is 10.4. The molecule has 1 aromatic carbocycles. The second-order valence-electron chi connectivity index (χ2n) is 5.97. The predicted molar refractivity (Wildman–Crippen MR) is 98.9 cm³/mol. The number of carbonyl (C=O) groups is 2. The van der Waals surface area contributed by atoms with Crippen LogP contribution >= 0.6 is 11.8 Å². The van der Waals surface area contributed by atoms with Crippen molar-refractivity contribution in [3.8, 4) is 0 Å². The fourth-order valence-electron chi connectivity index (χ4n) is 2.64. The molecule has 0 radical (unpaired) electrons. The topological polar surface area (TPSA) is 52.7 Å². The van der Waals surface area contributed by atoms with Crippen LogP contribution in [0.5, 0.6) is 0 Å². The lowest BCUT2D eigenvalue weighted by molar-refractivity contribution is -0.134. The minimum absolute atomic E-state index is 0.0169. The van der Waals surface area contributed by atoms with E-state index in [1.54, 1.807) is 11.8 Å². The summed E-state index contributed by atoms with van der Waals surface area (Å²) < 4.78 is 0. The van der Waals surface area contributed by atoms with Crippen LogP contribution in [0.3, 0.4) is 0 Å². The molecule has 24 heavy (non-hydrogen) atoms. The fourth-order valence-corrected chi connectivity index (χ4v) is 3.36. The minimum Gasteiger partial charge on any atom is -0.346 e. The van der Waals surface area contributed by atoms with Gasteiger partial charge in [0.1, 0.15) is 0 Å². The van der Waals surface area contributed by atoms with E-state index in [9.17, 15) is 9.59 Å². The number of carbonyl (C=O) groups excluding carboxylic acids is 2. The first-order chi connectivity index (χ1) is 11.7. The van der Waals surface area contributed by atoms with E-state index < -0.39 is 0 Å². The molecule has 0 spiro atoms. The number of nitrogens with one attached hydrogen (secondary N) is 1. The third-order valence-electron chi connectivity index (χ3n) is 3.99. The van der Waals surface area contributed by atoms with Crippen molar-refractivity contribution in [3.05, 3.63) is 35.9 Å². The molecule has 1 N–H and O–H groups in total. The fraction of sp³-hybridized carbons (Fsp3) is 0.556. The van der Waals surface area contributed by atoms with Crippen molar-refractivity contribution < 1.29 is 9.59 Å². The summed E-state index contributed by atoms with van der Waals surface area (Å²) in [6.07, 6.45) is 1.06. The summed E-state index contributed by atoms with van der Waals surface area (Å²) in [5, 5.41) is 2.73. The van der Waals surface area contributed by atoms with Crippen LogP contribution in [0.1, 0.15) is 18.9 Å². The quantitative estimate of drug-likeness (QED) is 0.724. The molecule has 2 rings (SSSR count). The zero-order chi connectivity index (χ0) is 17.2. The number of thioether (sulfide) groups is 1. The van der Waals surface area contributed by atoms with Gasteiger partial charge in [0.2, 0.25) is 11.8 Å². The van der Waals surface area contributed by atoms with Gasteiger partial charge in [0, 0.05) is 32.7 Å². The van der Waals surface area contributed by atoms with Crippen molar-refractivity contribution in [1.82, 2.24) is 15.1 Å². The Labute approximate surface area is 148 Å². The van der Waals surface area contributed by atoms with Crippen LogP contribution in [0, 0.1) is 0 Å². The van der Waals surface area contributed by atoms with Crippen LogP contribution in [0.4, 0.5) is 0 Å². The molecule has 5 nitrogen and oxygen atoms in total. The van der Waals surface area contributed by atoms with Crippen LogP contribution in [0.15, 0.2) is 30.3 Å². The molecule has 0 saturated carbocycles. The van der Waals surface area contributed by atoms with Crippen molar-refractivity contribution in [2.75, 3.05) is 44.2 Å². The number of amides is 2. The number of rotatable bonds is 8. The lowest BCUT2D eigenvalue weighted by Crippen LogP contribution is -2.51. The first kappa shape index (κ1) is 18.8. The Morgan fingerprint density at radius 3 is 2.50 bits per heavy atom. The molecular weight excluding hydrogens is 322 g/mol. The number of hydrogen-bond acceptors (Lipinski definition) is 4. The maximum absolute atomic E-state index is 12.2. The van der Waals surface area contributed by atoms with Crippen LogP contribution in [-0.4, -0.2) is 65.8 Å². The molecule has 0 atom stereocenters. The molecule has 132 valence electrons. The van der Waals surface area contributed by atoms with Crippen molar-refractivity contribution >= 4 is 23.6 Å². The van der Waals surface area contributed by atoms with E-state index in [0.29, 0.717) is 5.75 Å². The molecule has 2 amide bonds. The zero-order valence-electron chi connectivity index (χ0n) is 14.4. The molecule has 6 heteroatoms. The van der Waals surface area contributed by atoms with Gasteiger partial charge in [0.05, 0.1) is 12.3 Å². The summed E-state index contributed by atoms with van der Waals surface area (Å²) in [5.41, 5.74) is 1.30. The van der Waals surface area contributed by atoms with Crippen LogP contribution in [-0.2, 0) is 16.1 Å². The monoisotopic (exact) mass is 349 g/mol. The molecule has 1 heterocycles. The first-order valence-corrected chi connectivity index (χ1v) is 9.73. The van der Waals surface area contributed by atoms with Gasteiger partial charge in [0.15, 0.2) is 0 Å². The standard InChI is InChI=1S/C18H27N3O2S/c1-2-12-24-15-17(22)19-13-18(23)21-10-8-20(9-11-21)14-16-6-4-3-5-7-16/h3-7H,2,8-15H2,1H3,(H,19,22). The van der Waals surface area contributed by atoms with Crippen LogP contribution in [0.2, 0.25) is 0 Å². The van der Waals surface area contributed by atoms with E-state index in [4.69, 9.17) is 0 Å². The largest absolute Gasteiger partial charge is 0.346 e. The number of benzene rings is 1. The van der Waals surface area contributed by atoms with E-state index in [1.165, 1.54) is 5.56 Å². The zero-order valence-corrected chi connectivity index (χ0v) is 15.2. The highest BCUT2D eigenvalue weighted by atomic mass is 32.2. The van der Waals surface area contributed by atoms with E-state index in [0.717, 1.165) is 44.9 Å². The van der Waals surface area contributed by atoms with Gasteiger partial charge in [-0.15, -0.1) is 0 Å². The highest BCUT2D eigenvalue weighted by Crippen LogP contribution is 2.08. The molecule has 1 aliphatic heterocycles. The number of hydrogen-bond donors (Lipinski definition) is 1. The average Bonchev–Trinajstić information content (AvgIpc) is 2.61. The molecular formula is C18H27N3O2S. The Kier molecular flexibility index (Phi) is 8.12. The van der Waals surface area contributed by atoms with Crippen molar-refractivity contribution in [1.29, 1.82) is 0 Å². The Morgan fingerprint density at radius 1 is 1.12 bits per heavy atom. The van der Waals surface area contributed by atoms with Crippen molar-refractivity contribution in [2.45, 2.75) is 19.9 Å². The van der Waals surface area contributed by atoms with E-state index in [2.05, 4.69) is 41.4 Å². The smallest absolute Gasteiger partial charge is 0.242 e. The molecule has 0 unspecified atom stereocenters. The van der Waals surface area contributed by atoms with Crippen LogP contribution in [0.25, 0.3) is 0 Å². The molecule has 0 bridgehead atoms. The summed E-state index contributed by atoms with van der Waals surface area (Å²) in [7, 11) is 0. The molecule has 1 saturated heterocycles. The highest BCUT2D eigenvalue weighted by molar-refractivity contribution is 7.99. The SMILES string of the molecule is CCCSCC(=O)NCC(=O)N1CCN(Cc2ccccc2)CC1. The Hall–Kier alpha value is -1.53. The van der Waals surface area contributed by atoms with Gasteiger partial charge in [-0.25, -0.2) is 0 Å². The van der Waals surface area contributed by atoms with Gasteiger partial charge in [-0.1, -0.05) is 37.3 Å². The van der Waals surface area contributed by atoms with Crippen LogP contribution < -0.4 is 5.32 Å². The van der Waals surface area contributed by atoms with E-state index >= 15 is 0 Å². The van der Waals surface area contributed by atoms with Gasteiger partial charge in [-0.2, -0.15) is 11.8 Å². The predicted octanol–water partition coefficient (Wildman–Crippen LogP) is 1.59. The van der Waals surface area contributed by atoms with Crippen molar-refractivity contribution in [2.24, 2.45) is 0 Å². The normalized spacial score (nSPS) is 15.3. The summed E-state index contributed by atoms with van der Waals surface area (Å²) >= 11 is 1.61. The van der Waals surface area contributed by atoms with Gasteiger partial charge >= 0.3 is 0 Å². The third kappa shape index (κ3) is 6.53. The molecule has 0 aromatic heterocycles. The lowest BCUT2D eigenvalue weighted by Gasteiger charge is -2.34. The van der Waals surface area contributed by atoms with Gasteiger partial charge in [0.25, 0.3) is 0 Å². The van der Waals surface area contributed by atoms with E-state index in [-0.39, 0.29) is 18.4 Å². The Balaban J connectivity index is 1.64. The summed E-state index contributed by atoms with van der Waals surface area (Å²) in [6, 6.07) is 10.4. The Bertz CT molecular complexity index is 516. The lowest BCUT2D eigenvalue weighted by atomic mass is 10.2. The summed E-state index contributed by atoms with van der Waals surface area (Å²) in [5.74, 6) is 1.38. The molecule has 0 aliphatic carbocycles. The minimum atomic E-state index is -0.0514. The Morgan fingerprint density at radius 2 is 1.83 bits per heavy atom. The molecule has 1 fully saturated rings. The number of piperazine rings is 1. The van der Waals surface area contributed by atoms with Gasteiger partial charge in [-0.3, -0.25) is 14.5 Å². The average molecular weight is 350 g/mol. The van der Waals surface area contributed by atoms with Gasteiger partial charge in [-0.05, 0) is 17.7 Å². The van der Waals surface area contributed by atoms with Crippen molar-refractivity contribution in [3.63, 3.8) is 0 Å². The molecule has 1 aromatic rings. The number of nitrogens with zero attached hydrogens (tertiary/aromatic N) is 2. The third-order valence-corrected chi connectivity index (χ3v) is 5.16. The summed E-state index contributed by atoms with van der Waals surface area (Å²) in [4.78, 5) is 28.0. The second-order valence-corrected chi connectivity index (χ2v) is 7.08. The maximum Gasteiger partial charge on any atom is 0.242 e. The van der Waals surface area contributed by atoms with Gasteiger partial charge < -0.3 is 10.2 Å². The molecule has 1 aliphatic rings. The highest BCUT2D eigenvalue weighted by Gasteiger charge is 2.21.